The number of carbonyl (C=O) groups excluding carboxylic acids is 1. The number of hydrogen-bond donors (Lipinski definition) is 3. The van der Waals surface area contributed by atoms with Crippen LogP contribution in [0.2, 0.25) is 10.2 Å². The van der Waals surface area contributed by atoms with Crippen molar-refractivity contribution >= 4 is 35.1 Å². The number of hydrogen-bond acceptors (Lipinski definition) is 2. The lowest BCUT2D eigenvalue weighted by Crippen LogP contribution is -2.42. The summed E-state index contributed by atoms with van der Waals surface area (Å²) in [4.78, 5) is 25.8. The predicted molar refractivity (Wildman–Crippen MR) is 79.8 cm³/mol. The summed E-state index contributed by atoms with van der Waals surface area (Å²) in [5.74, 6) is -1.69. The molecule has 0 aliphatic rings. The van der Waals surface area contributed by atoms with E-state index >= 15 is 0 Å². The zero-order chi connectivity index (χ0) is 15.4. The van der Waals surface area contributed by atoms with Crippen LogP contribution in [0.25, 0.3) is 0 Å². The molecule has 5 nitrogen and oxygen atoms in total. The summed E-state index contributed by atoms with van der Waals surface area (Å²) in [6.07, 6.45) is 0.185. The zero-order valence-electron chi connectivity index (χ0n) is 10.8. The molecule has 0 aliphatic carbocycles. The van der Waals surface area contributed by atoms with E-state index in [4.69, 9.17) is 23.2 Å². The smallest absolute Gasteiger partial charge is 0.326 e. The van der Waals surface area contributed by atoms with Crippen molar-refractivity contribution in [2.75, 3.05) is 0 Å². The maximum atomic E-state index is 12.0. The highest BCUT2D eigenvalue weighted by Gasteiger charge is 2.22. The van der Waals surface area contributed by atoms with Gasteiger partial charge in [-0.15, -0.1) is 0 Å². The summed E-state index contributed by atoms with van der Waals surface area (Å²) >= 11 is 11.5. The fourth-order valence-electron chi connectivity index (χ4n) is 1.81. The molecule has 1 heterocycles. The lowest BCUT2D eigenvalue weighted by Gasteiger charge is -2.14. The molecule has 0 spiro atoms. The minimum atomic E-state index is -1.11. The number of halogens is 2. The lowest BCUT2D eigenvalue weighted by molar-refractivity contribution is -0.139. The monoisotopic (exact) mass is 326 g/mol. The van der Waals surface area contributed by atoms with Gasteiger partial charge < -0.3 is 15.4 Å². The largest absolute Gasteiger partial charge is 0.480 e. The molecule has 110 valence electrons. The Morgan fingerprint density at radius 3 is 2.43 bits per heavy atom. The van der Waals surface area contributed by atoms with Crippen LogP contribution in [-0.4, -0.2) is 28.0 Å². The highest BCUT2D eigenvalue weighted by atomic mass is 35.5. The molecule has 1 amide bonds. The van der Waals surface area contributed by atoms with Crippen molar-refractivity contribution < 1.29 is 14.7 Å². The zero-order valence-corrected chi connectivity index (χ0v) is 12.3. The van der Waals surface area contributed by atoms with Crippen molar-refractivity contribution in [1.82, 2.24) is 10.3 Å². The second-order valence-corrected chi connectivity index (χ2v) is 5.18. The van der Waals surface area contributed by atoms with Gasteiger partial charge >= 0.3 is 5.97 Å². The average molecular weight is 327 g/mol. The van der Waals surface area contributed by atoms with Gasteiger partial charge in [-0.1, -0.05) is 53.5 Å². The summed E-state index contributed by atoms with van der Waals surface area (Å²) in [5.41, 5.74) is 0.928. The van der Waals surface area contributed by atoms with E-state index in [0.717, 1.165) is 5.56 Å². The van der Waals surface area contributed by atoms with Crippen LogP contribution in [0.5, 0.6) is 0 Å². The molecule has 2 aromatic rings. The van der Waals surface area contributed by atoms with E-state index in [2.05, 4.69) is 10.3 Å². The molecule has 0 unspecified atom stereocenters. The maximum absolute atomic E-state index is 12.0. The van der Waals surface area contributed by atoms with E-state index in [0.29, 0.717) is 0 Å². The fraction of sp³-hybridized carbons (Fsp3) is 0.143. The lowest BCUT2D eigenvalue weighted by atomic mass is 10.1. The van der Waals surface area contributed by atoms with Crippen LogP contribution in [0.1, 0.15) is 16.1 Å². The Morgan fingerprint density at radius 1 is 1.24 bits per heavy atom. The molecule has 0 saturated carbocycles. The number of H-pyrrole nitrogens is 1. The third-order valence-corrected chi connectivity index (χ3v) is 3.55. The molecule has 2 rings (SSSR count). The molecule has 0 fully saturated rings. The standard InChI is InChI=1S/C14H12Cl2N2O3/c15-9-7-10(17-12(9)16)13(19)18-11(14(20)21)6-8-4-2-1-3-5-8/h1-5,7,11,17H,6H2,(H,18,19)(H,20,21)/t11-/m0/s1. The van der Waals surface area contributed by atoms with Crippen LogP contribution in [0, 0.1) is 0 Å². The van der Waals surface area contributed by atoms with Gasteiger partial charge in [0.1, 0.15) is 16.9 Å². The molecule has 0 saturated heterocycles. The third kappa shape index (κ3) is 4.00. The quantitative estimate of drug-likeness (QED) is 0.790. The van der Waals surface area contributed by atoms with E-state index in [-0.39, 0.29) is 22.3 Å². The van der Waals surface area contributed by atoms with E-state index in [1.165, 1.54) is 6.07 Å². The number of benzene rings is 1. The van der Waals surface area contributed by atoms with Gasteiger partial charge in [-0.05, 0) is 11.6 Å². The number of rotatable bonds is 5. The Balaban J connectivity index is 2.09. The molecule has 1 atom stereocenters. The molecule has 3 N–H and O–H groups in total. The van der Waals surface area contributed by atoms with E-state index < -0.39 is 17.9 Å². The maximum Gasteiger partial charge on any atom is 0.326 e. The Bertz CT molecular complexity index is 636. The van der Waals surface area contributed by atoms with Crippen LogP contribution in [0.3, 0.4) is 0 Å². The van der Waals surface area contributed by atoms with Gasteiger partial charge in [0.2, 0.25) is 0 Å². The molecule has 1 aromatic carbocycles. The second-order valence-electron chi connectivity index (χ2n) is 4.40. The van der Waals surface area contributed by atoms with Gasteiger partial charge in [0.25, 0.3) is 5.91 Å². The summed E-state index contributed by atoms with van der Waals surface area (Å²) in [5, 5.41) is 12.0. The first-order valence-electron chi connectivity index (χ1n) is 6.09. The van der Waals surface area contributed by atoms with Gasteiger partial charge in [-0.3, -0.25) is 4.79 Å². The first kappa shape index (κ1) is 15.4. The number of carbonyl (C=O) groups is 2. The normalized spacial score (nSPS) is 11.9. The van der Waals surface area contributed by atoms with Crippen LogP contribution in [0.15, 0.2) is 36.4 Å². The summed E-state index contributed by atoms with van der Waals surface area (Å²) in [7, 11) is 0. The Hall–Kier alpha value is -1.98. The molecular weight excluding hydrogens is 315 g/mol. The number of aliphatic carboxylic acids is 1. The van der Waals surface area contributed by atoms with Gasteiger partial charge in [-0.25, -0.2) is 4.79 Å². The van der Waals surface area contributed by atoms with Crippen molar-refractivity contribution in [1.29, 1.82) is 0 Å². The van der Waals surface area contributed by atoms with Crippen molar-refractivity contribution in [3.63, 3.8) is 0 Å². The average Bonchev–Trinajstić information content (AvgIpc) is 2.79. The Labute approximate surface area is 130 Å². The molecule has 7 heteroatoms. The minimum Gasteiger partial charge on any atom is -0.480 e. The first-order valence-corrected chi connectivity index (χ1v) is 6.84. The van der Waals surface area contributed by atoms with Crippen LogP contribution in [-0.2, 0) is 11.2 Å². The highest BCUT2D eigenvalue weighted by Crippen LogP contribution is 2.21. The summed E-state index contributed by atoms with van der Waals surface area (Å²) in [6, 6.07) is 9.35. The van der Waals surface area contributed by atoms with Crippen molar-refractivity contribution in [2.45, 2.75) is 12.5 Å². The first-order chi connectivity index (χ1) is 9.97. The molecule has 1 aromatic heterocycles. The number of aromatic nitrogens is 1. The SMILES string of the molecule is O=C(N[C@@H](Cc1ccccc1)C(=O)O)c1cc(Cl)c(Cl)[nH]1. The molecule has 0 radical (unpaired) electrons. The van der Waals surface area contributed by atoms with Gasteiger partial charge in [0.05, 0.1) is 5.02 Å². The Kier molecular flexibility index (Phi) is 4.88. The van der Waals surface area contributed by atoms with Gasteiger partial charge in [0, 0.05) is 6.42 Å². The summed E-state index contributed by atoms with van der Waals surface area (Å²) < 4.78 is 0. The topological polar surface area (TPSA) is 82.2 Å². The molecule has 0 bridgehead atoms. The molecular formula is C14H12Cl2N2O3. The number of carboxylic acid groups (broad SMARTS) is 1. The van der Waals surface area contributed by atoms with Gasteiger partial charge in [-0.2, -0.15) is 0 Å². The third-order valence-electron chi connectivity index (χ3n) is 2.86. The fourth-order valence-corrected chi connectivity index (χ4v) is 2.13. The van der Waals surface area contributed by atoms with Crippen LogP contribution < -0.4 is 5.32 Å². The van der Waals surface area contributed by atoms with Crippen molar-refractivity contribution in [3.05, 3.63) is 57.8 Å². The molecule has 21 heavy (non-hydrogen) atoms. The number of carboxylic acids is 1. The van der Waals surface area contributed by atoms with E-state index in [9.17, 15) is 14.7 Å². The number of aromatic amines is 1. The number of nitrogens with one attached hydrogen (secondary N) is 2. The van der Waals surface area contributed by atoms with Gasteiger partial charge in [0.15, 0.2) is 0 Å². The van der Waals surface area contributed by atoms with E-state index in [1.807, 2.05) is 6.07 Å². The predicted octanol–water partition coefficient (Wildman–Crippen LogP) is 2.75. The van der Waals surface area contributed by atoms with Crippen LogP contribution in [0.4, 0.5) is 0 Å². The number of amides is 1. The van der Waals surface area contributed by atoms with Crippen molar-refractivity contribution in [2.24, 2.45) is 0 Å². The van der Waals surface area contributed by atoms with E-state index in [1.54, 1.807) is 24.3 Å². The Morgan fingerprint density at radius 2 is 1.90 bits per heavy atom. The minimum absolute atomic E-state index is 0.115. The van der Waals surface area contributed by atoms with Crippen LogP contribution >= 0.6 is 23.2 Å². The molecule has 0 aliphatic heterocycles. The second kappa shape index (κ2) is 6.65. The highest BCUT2D eigenvalue weighted by molar-refractivity contribution is 6.41. The van der Waals surface area contributed by atoms with Crippen molar-refractivity contribution in [3.8, 4) is 0 Å². The summed E-state index contributed by atoms with van der Waals surface area (Å²) in [6.45, 7) is 0.